The van der Waals surface area contributed by atoms with Gasteiger partial charge >= 0.3 is 0 Å². The van der Waals surface area contributed by atoms with Crippen LogP contribution in [0.3, 0.4) is 0 Å². The van der Waals surface area contributed by atoms with Crippen LogP contribution in [0.25, 0.3) is 0 Å². The number of nitrogens with one attached hydrogen (secondary N) is 1. The lowest BCUT2D eigenvalue weighted by molar-refractivity contribution is 0.415. The van der Waals surface area contributed by atoms with Gasteiger partial charge in [-0.1, -0.05) is 61.6 Å². The minimum absolute atomic E-state index is 0.0586. The predicted molar refractivity (Wildman–Crippen MR) is 98.8 cm³/mol. The van der Waals surface area contributed by atoms with Crippen LogP contribution >= 0.6 is 34.8 Å². The van der Waals surface area contributed by atoms with Gasteiger partial charge in [-0.05, 0) is 29.5 Å². The molecular weight excluding hydrogens is 381 g/mol. The second kappa shape index (κ2) is 7.26. The molecule has 0 heterocycles. The fourth-order valence-corrected chi connectivity index (χ4v) is 3.30. The van der Waals surface area contributed by atoms with E-state index in [1.807, 2.05) is 26.8 Å². The van der Waals surface area contributed by atoms with Gasteiger partial charge < -0.3 is 4.74 Å². The number of hydrogen-bond acceptors (Lipinski definition) is 3. The van der Waals surface area contributed by atoms with Crippen molar-refractivity contribution < 1.29 is 13.2 Å². The number of anilines is 1. The van der Waals surface area contributed by atoms with Crippen LogP contribution in [0.4, 0.5) is 5.69 Å². The number of alkyl halides is 3. The smallest absolute Gasteiger partial charge is 0.232 e. The van der Waals surface area contributed by atoms with Crippen LogP contribution < -0.4 is 9.46 Å². The molecule has 132 valence electrons. The summed E-state index contributed by atoms with van der Waals surface area (Å²) in [6, 6.07) is 3.59. The van der Waals surface area contributed by atoms with Gasteiger partial charge in [-0.3, -0.25) is 4.72 Å². The summed E-state index contributed by atoms with van der Waals surface area (Å²) in [4.78, 5) is 0. The second-order valence-corrected chi connectivity index (χ2v) is 10.7. The Labute approximate surface area is 153 Å². The summed E-state index contributed by atoms with van der Waals surface area (Å²) in [6.45, 7) is 7.58. The summed E-state index contributed by atoms with van der Waals surface area (Å²) >= 11 is 17.9. The minimum Gasteiger partial charge on any atom is -0.495 e. The zero-order chi connectivity index (χ0) is 18.1. The molecule has 0 saturated carbocycles. The Kier molecular flexibility index (Phi) is 6.53. The summed E-state index contributed by atoms with van der Waals surface area (Å²) in [6.07, 6.45) is 0.0586. The molecule has 0 amide bonds. The van der Waals surface area contributed by atoms with Gasteiger partial charge in [0.2, 0.25) is 10.0 Å². The fraction of sp³-hybridized carbons (Fsp3) is 0.600. The summed E-state index contributed by atoms with van der Waals surface area (Å²) in [5.41, 5.74) is 1.57. The molecular formula is C15H22Cl3NO3S. The van der Waals surface area contributed by atoms with Crippen molar-refractivity contribution in [2.75, 3.05) is 17.6 Å². The first-order chi connectivity index (χ1) is 10.3. The molecule has 0 fully saturated rings. The Morgan fingerprint density at radius 3 is 2.13 bits per heavy atom. The molecule has 0 atom stereocenters. The van der Waals surface area contributed by atoms with Gasteiger partial charge in [0, 0.05) is 6.42 Å². The zero-order valence-electron chi connectivity index (χ0n) is 13.8. The molecule has 0 saturated heterocycles. The van der Waals surface area contributed by atoms with Crippen LogP contribution in [0, 0.1) is 0 Å². The van der Waals surface area contributed by atoms with Gasteiger partial charge in [0.05, 0.1) is 18.6 Å². The van der Waals surface area contributed by atoms with E-state index in [-0.39, 0.29) is 17.6 Å². The standard InChI is InChI=1S/C15H22Cl3NO3S/c1-6-23(20,21)19-13-10(9-15(16,17)18)11(14(2,3)4)7-8-12(13)22-5/h7-8,19H,6,9H2,1-5H3. The van der Waals surface area contributed by atoms with Gasteiger partial charge in [0.15, 0.2) is 3.79 Å². The third-order valence-electron chi connectivity index (χ3n) is 3.32. The highest BCUT2D eigenvalue weighted by atomic mass is 35.6. The highest BCUT2D eigenvalue weighted by Crippen LogP contribution is 2.42. The molecule has 8 heteroatoms. The number of halogens is 3. The van der Waals surface area contributed by atoms with Crippen molar-refractivity contribution in [3.05, 3.63) is 23.3 Å². The highest BCUT2D eigenvalue weighted by molar-refractivity contribution is 7.92. The maximum absolute atomic E-state index is 12.1. The molecule has 1 rings (SSSR count). The molecule has 0 aliphatic rings. The third kappa shape index (κ3) is 5.89. The Hall–Kier alpha value is -0.360. The summed E-state index contributed by atoms with van der Waals surface area (Å²) in [5, 5.41) is 0. The quantitative estimate of drug-likeness (QED) is 0.728. The van der Waals surface area contributed by atoms with E-state index >= 15 is 0 Å². The lowest BCUT2D eigenvalue weighted by Crippen LogP contribution is -2.22. The SMILES string of the molecule is CCS(=O)(=O)Nc1c(OC)ccc(C(C)(C)C)c1CC(Cl)(Cl)Cl. The molecule has 0 spiro atoms. The summed E-state index contributed by atoms with van der Waals surface area (Å²) in [5.74, 6) is 0.322. The Morgan fingerprint density at radius 2 is 1.74 bits per heavy atom. The van der Waals surface area contributed by atoms with Crippen LogP contribution in [0.1, 0.15) is 38.8 Å². The molecule has 0 unspecified atom stereocenters. The molecule has 1 aromatic rings. The van der Waals surface area contributed by atoms with E-state index in [2.05, 4.69) is 4.72 Å². The van der Waals surface area contributed by atoms with Gasteiger partial charge in [-0.2, -0.15) is 0 Å². The van der Waals surface area contributed by atoms with Crippen LogP contribution in [-0.4, -0.2) is 25.1 Å². The van der Waals surface area contributed by atoms with Crippen molar-refractivity contribution in [2.24, 2.45) is 0 Å². The zero-order valence-corrected chi connectivity index (χ0v) is 16.9. The van der Waals surface area contributed by atoms with E-state index in [1.54, 1.807) is 13.0 Å². The monoisotopic (exact) mass is 401 g/mol. The average Bonchev–Trinajstić information content (AvgIpc) is 2.37. The van der Waals surface area contributed by atoms with Crippen LogP contribution in [0.2, 0.25) is 0 Å². The summed E-state index contributed by atoms with van der Waals surface area (Å²) in [7, 11) is -2.04. The van der Waals surface area contributed by atoms with Crippen LogP contribution in [-0.2, 0) is 21.9 Å². The van der Waals surface area contributed by atoms with Crippen molar-refractivity contribution in [2.45, 2.75) is 43.3 Å². The lowest BCUT2D eigenvalue weighted by Gasteiger charge is -2.28. The first-order valence-corrected chi connectivity index (χ1v) is 9.87. The molecule has 0 aliphatic carbocycles. The Bertz CT molecular complexity index is 662. The molecule has 23 heavy (non-hydrogen) atoms. The number of benzene rings is 1. The first kappa shape index (κ1) is 20.7. The maximum Gasteiger partial charge on any atom is 0.232 e. The second-order valence-electron chi connectivity index (χ2n) is 6.22. The van der Waals surface area contributed by atoms with Gasteiger partial charge in [0.1, 0.15) is 5.75 Å². The largest absolute Gasteiger partial charge is 0.495 e. The molecule has 1 aromatic carbocycles. The van der Waals surface area contributed by atoms with E-state index in [1.165, 1.54) is 7.11 Å². The number of methoxy groups -OCH3 is 1. The molecule has 0 aromatic heterocycles. The molecule has 1 N–H and O–H groups in total. The summed E-state index contributed by atoms with van der Waals surface area (Å²) < 4.78 is 30.4. The van der Waals surface area contributed by atoms with Crippen molar-refractivity contribution in [3.63, 3.8) is 0 Å². The van der Waals surface area contributed by atoms with Crippen LogP contribution in [0.15, 0.2) is 12.1 Å². The number of sulfonamides is 1. The average molecular weight is 403 g/mol. The third-order valence-corrected chi connectivity index (χ3v) is 4.99. The predicted octanol–water partition coefficient (Wildman–Crippen LogP) is 4.67. The molecule has 4 nitrogen and oxygen atoms in total. The van der Waals surface area contributed by atoms with Crippen molar-refractivity contribution >= 4 is 50.5 Å². The number of ether oxygens (including phenoxy) is 1. The van der Waals surface area contributed by atoms with E-state index < -0.39 is 13.8 Å². The van der Waals surface area contributed by atoms with Crippen molar-refractivity contribution in [1.29, 1.82) is 0 Å². The van der Waals surface area contributed by atoms with Crippen molar-refractivity contribution in [1.82, 2.24) is 0 Å². The Balaban J connectivity index is 3.66. The van der Waals surface area contributed by atoms with Crippen molar-refractivity contribution in [3.8, 4) is 5.75 Å². The molecule has 0 radical (unpaired) electrons. The maximum atomic E-state index is 12.1. The number of hydrogen-bond donors (Lipinski definition) is 1. The van der Waals surface area contributed by atoms with E-state index in [9.17, 15) is 8.42 Å². The minimum atomic E-state index is -3.50. The van der Waals surface area contributed by atoms with Gasteiger partial charge in [-0.25, -0.2) is 8.42 Å². The van der Waals surface area contributed by atoms with E-state index in [4.69, 9.17) is 39.5 Å². The topological polar surface area (TPSA) is 55.4 Å². The highest BCUT2D eigenvalue weighted by Gasteiger charge is 2.30. The molecule has 0 aliphatic heterocycles. The Morgan fingerprint density at radius 1 is 1.17 bits per heavy atom. The number of rotatable bonds is 5. The molecule has 0 bridgehead atoms. The lowest BCUT2D eigenvalue weighted by atomic mass is 9.82. The van der Waals surface area contributed by atoms with E-state index in [0.29, 0.717) is 17.0 Å². The fourth-order valence-electron chi connectivity index (χ4n) is 2.22. The van der Waals surface area contributed by atoms with E-state index in [0.717, 1.165) is 5.56 Å². The first-order valence-electron chi connectivity index (χ1n) is 7.08. The van der Waals surface area contributed by atoms with Gasteiger partial charge in [-0.15, -0.1) is 0 Å². The van der Waals surface area contributed by atoms with Gasteiger partial charge in [0.25, 0.3) is 0 Å². The van der Waals surface area contributed by atoms with Crippen LogP contribution in [0.5, 0.6) is 5.75 Å². The normalized spacial score (nSPS) is 13.0.